The van der Waals surface area contributed by atoms with E-state index in [0.29, 0.717) is 27.9 Å². The molecule has 0 spiro atoms. The SMILES string of the molecule is CCOC(=O)C=C1SCC(=O)N1CC(=O)N1N=C(c2ccc(Cl)cc2)CC1c1ccco1. The second-order valence-corrected chi connectivity index (χ2v) is 8.46. The van der Waals surface area contributed by atoms with Gasteiger partial charge in [0.15, 0.2) is 0 Å². The molecule has 1 unspecified atom stereocenters. The van der Waals surface area contributed by atoms with Crippen molar-refractivity contribution >= 4 is 46.9 Å². The molecule has 2 aliphatic rings. The minimum atomic E-state index is -0.556. The number of carbonyl (C=O) groups is 3. The third kappa shape index (κ3) is 4.73. The third-order valence-electron chi connectivity index (χ3n) is 4.95. The maximum atomic E-state index is 13.3. The van der Waals surface area contributed by atoms with Gasteiger partial charge in [0, 0.05) is 11.4 Å². The number of hydrazone groups is 1. The van der Waals surface area contributed by atoms with Crippen LogP contribution in [-0.4, -0.2) is 52.3 Å². The molecule has 32 heavy (non-hydrogen) atoms. The quantitative estimate of drug-likeness (QED) is 0.470. The van der Waals surface area contributed by atoms with E-state index in [-0.39, 0.29) is 30.7 Å². The lowest BCUT2D eigenvalue weighted by molar-refractivity contribution is -0.139. The van der Waals surface area contributed by atoms with Gasteiger partial charge in [-0.3, -0.25) is 14.5 Å². The molecule has 3 heterocycles. The normalized spacial score (nSPS) is 19.6. The molecule has 1 aromatic carbocycles. The Hall–Kier alpha value is -3.04. The highest BCUT2D eigenvalue weighted by Crippen LogP contribution is 2.35. The molecule has 0 bridgehead atoms. The highest BCUT2D eigenvalue weighted by Gasteiger charge is 2.37. The fourth-order valence-electron chi connectivity index (χ4n) is 3.45. The summed E-state index contributed by atoms with van der Waals surface area (Å²) in [4.78, 5) is 38.8. The van der Waals surface area contributed by atoms with E-state index >= 15 is 0 Å². The van der Waals surface area contributed by atoms with Crippen LogP contribution in [0.2, 0.25) is 5.02 Å². The Morgan fingerprint density at radius 2 is 2.09 bits per heavy atom. The van der Waals surface area contributed by atoms with Gasteiger partial charge in [-0.05, 0) is 36.8 Å². The summed E-state index contributed by atoms with van der Waals surface area (Å²) < 4.78 is 10.5. The monoisotopic (exact) mass is 473 g/mol. The van der Waals surface area contributed by atoms with Crippen LogP contribution in [0, 0.1) is 0 Å². The number of carbonyl (C=O) groups excluding carboxylic acids is 3. The van der Waals surface area contributed by atoms with Gasteiger partial charge in [-0.2, -0.15) is 5.10 Å². The molecule has 8 nitrogen and oxygen atoms in total. The van der Waals surface area contributed by atoms with E-state index in [0.717, 1.165) is 5.56 Å². The van der Waals surface area contributed by atoms with Crippen molar-refractivity contribution in [1.82, 2.24) is 9.91 Å². The molecule has 1 saturated heterocycles. The van der Waals surface area contributed by atoms with Crippen molar-refractivity contribution < 1.29 is 23.5 Å². The molecule has 10 heteroatoms. The fourth-order valence-corrected chi connectivity index (χ4v) is 4.51. The molecule has 1 aromatic heterocycles. The Labute approximate surface area is 193 Å². The van der Waals surface area contributed by atoms with E-state index < -0.39 is 12.0 Å². The Morgan fingerprint density at radius 1 is 1.31 bits per heavy atom. The summed E-state index contributed by atoms with van der Waals surface area (Å²) in [7, 11) is 0. The molecule has 0 aliphatic carbocycles. The van der Waals surface area contributed by atoms with Crippen molar-refractivity contribution in [3.05, 3.63) is 70.1 Å². The van der Waals surface area contributed by atoms with Crippen LogP contribution in [0.15, 0.2) is 63.3 Å². The van der Waals surface area contributed by atoms with Crippen molar-refractivity contribution in [3.63, 3.8) is 0 Å². The first-order valence-electron chi connectivity index (χ1n) is 9.96. The zero-order chi connectivity index (χ0) is 22.7. The number of ether oxygens (including phenoxy) is 1. The van der Waals surface area contributed by atoms with Crippen LogP contribution in [0.5, 0.6) is 0 Å². The number of hydrogen-bond donors (Lipinski definition) is 0. The van der Waals surface area contributed by atoms with Gasteiger partial charge in [-0.25, -0.2) is 9.80 Å². The van der Waals surface area contributed by atoms with Crippen LogP contribution in [0.25, 0.3) is 0 Å². The topological polar surface area (TPSA) is 92.4 Å². The van der Waals surface area contributed by atoms with Gasteiger partial charge in [-0.15, -0.1) is 0 Å². The van der Waals surface area contributed by atoms with E-state index in [4.69, 9.17) is 20.8 Å². The fraction of sp³-hybridized carbons (Fsp3) is 0.273. The Bertz CT molecular complexity index is 1080. The Kier molecular flexibility index (Phi) is 6.66. The summed E-state index contributed by atoms with van der Waals surface area (Å²) in [6.45, 7) is 1.68. The lowest BCUT2D eigenvalue weighted by Gasteiger charge is -2.23. The Balaban J connectivity index is 1.58. The molecule has 166 valence electrons. The van der Waals surface area contributed by atoms with E-state index in [1.165, 1.54) is 27.7 Å². The zero-order valence-electron chi connectivity index (χ0n) is 17.2. The van der Waals surface area contributed by atoms with Crippen LogP contribution in [-0.2, 0) is 19.1 Å². The van der Waals surface area contributed by atoms with Gasteiger partial charge < -0.3 is 9.15 Å². The van der Waals surface area contributed by atoms with Gasteiger partial charge in [0.2, 0.25) is 5.91 Å². The molecule has 2 aliphatic heterocycles. The molecule has 2 amide bonds. The standard InChI is InChI=1S/C22H20ClN3O5S/c1-2-30-22(29)11-21-25(20(28)13-32-21)12-19(27)26-17(18-4-3-9-31-18)10-16(24-26)14-5-7-15(23)8-6-14/h3-9,11,17H,2,10,12-13H2,1H3. The van der Waals surface area contributed by atoms with Gasteiger partial charge >= 0.3 is 5.97 Å². The first kappa shape index (κ1) is 22.2. The smallest absolute Gasteiger partial charge is 0.333 e. The number of hydrogen-bond acceptors (Lipinski definition) is 7. The summed E-state index contributed by atoms with van der Waals surface area (Å²) in [6.07, 6.45) is 3.23. The van der Waals surface area contributed by atoms with Crippen LogP contribution >= 0.6 is 23.4 Å². The summed E-state index contributed by atoms with van der Waals surface area (Å²) in [6, 6.07) is 10.3. The number of rotatable bonds is 6. The average Bonchev–Trinajstić information content (AvgIpc) is 3.51. The number of furan rings is 1. The Morgan fingerprint density at radius 3 is 2.78 bits per heavy atom. The molecule has 4 rings (SSSR count). The molecule has 0 N–H and O–H groups in total. The van der Waals surface area contributed by atoms with Gasteiger partial charge in [0.05, 0.1) is 35.4 Å². The van der Waals surface area contributed by atoms with Crippen LogP contribution < -0.4 is 0 Å². The molecule has 1 fully saturated rings. The van der Waals surface area contributed by atoms with Gasteiger partial charge in [0.25, 0.3) is 5.91 Å². The molecule has 0 radical (unpaired) electrons. The summed E-state index contributed by atoms with van der Waals surface area (Å²) in [5.41, 5.74) is 1.55. The van der Waals surface area contributed by atoms with E-state index in [9.17, 15) is 14.4 Å². The second kappa shape index (κ2) is 9.62. The molecule has 1 atom stereocenters. The molecular formula is C22H20ClN3O5S. The minimum Gasteiger partial charge on any atom is -0.467 e. The van der Waals surface area contributed by atoms with E-state index in [1.807, 2.05) is 12.1 Å². The van der Waals surface area contributed by atoms with Crippen molar-refractivity contribution in [2.75, 3.05) is 18.9 Å². The number of esters is 1. The highest BCUT2D eigenvalue weighted by molar-refractivity contribution is 8.04. The average molecular weight is 474 g/mol. The lowest BCUT2D eigenvalue weighted by atomic mass is 10.0. The van der Waals surface area contributed by atoms with Crippen molar-refractivity contribution in [2.45, 2.75) is 19.4 Å². The summed E-state index contributed by atoms with van der Waals surface area (Å²) in [5.74, 6) is -0.454. The number of nitrogens with zero attached hydrogens (tertiary/aromatic N) is 3. The predicted octanol–water partition coefficient (Wildman–Crippen LogP) is 3.59. The van der Waals surface area contributed by atoms with Crippen LogP contribution in [0.4, 0.5) is 0 Å². The number of thioether (sulfide) groups is 1. The molecular weight excluding hydrogens is 454 g/mol. The maximum Gasteiger partial charge on any atom is 0.333 e. The van der Waals surface area contributed by atoms with Gasteiger partial charge in [-0.1, -0.05) is 35.5 Å². The lowest BCUT2D eigenvalue weighted by Crippen LogP contribution is -2.38. The van der Waals surface area contributed by atoms with Crippen molar-refractivity contribution in [3.8, 4) is 0 Å². The highest BCUT2D eigenvalue weighted by atomic mass is 35.5. The molecule has 2 aromatic rings. The maximum absolute atomic E-state index is 13.3. The minimum absolute atomic E-state index is 0.152. The van der Waals surface area contributed by atoms with Crippen LogP contribution in [0.1, 0.15) is 30.7 Å². The number of amides is 2. The third-order valence-corrected chi connectivity index (χ3v) is 6.22. The van der Waals surface area contributed by atoms with E-state index in [2.05, 4.69) is 5.10 Å². The second-order valence-electron chi connectivity index (χ2n) is 7.03. The van der Waals surface area contributed by atoms with Crippen molar-refractivity contribution in [2.24, 2.45) is 5.10 Å². The first-order chi connectivity index (χ1) is 15.5. The largest absolute Gasteiger partial charge is 0.467 e. The summed E-state index contributed by atoms with van der Waals surface area (Å²) >= 11 is 7.18. The molecule has 0 saturated carbocycles. The number of benzene rings is 1. The van der Waals surface area contributed by atoms with Crippen molar-refractivity contribution in [1.29, 1.82) is 0 Å². The van der Waals surface area contributed by atoms with E-state index in [1.54, 1.807) is 37.5 Å². The summed E-state index contributed by atoms with van der Waals surface area (Å²) in [5, 5.41) is 6.89. The zero-order valence-corrected chi connectivity index (χ0v) is 18.8. The predicted molar refractivity (Wildman–Crippen MR) is 120 cm³/mol. The number of halogens is 1. The first-order valence-corrected chi connectivity index (χ1v) is 11.3. The van der Waals surface area contributed by atoms with Gasteiger partial charge in [0.1, 0.15) is 18.3 Å². The van der Waals surface area contributed by atoms with Crippen LogP contribution in [0.3, 0.4) is 0 Å².